The van der Waals surface area contributed by atoms with E-state index >= 15 is 0 Å². The molecule has 0 aliphatic rings. The van der Waals surface area contributed by atoms with Crippen LogP contribution in [0.1, 0.15) is 32.3 Å². The molecule has 20 heavy (non-hydrogen) atoms. The third-order valence-corrected chi connectivity index (χ3v) is 3.06. The number of hydrogen-bond donors (Lipinski definition) is 2. The highest BCUT2D eigenvalue weighted by atomic mass is 16.3. The zero-order valence-corrected chi connectivity index (χ0v) is 12.2. The van der Waals surface area contributed by atoms with Gasteiger partial charge in [0.2, 0.25) is 0 Å². The Kier molecular flexibility index (Phi) is 6.18. The lowest BCUT2D eigenvalue weighted by molar-refractivity contribution is -0.143. The molecule has 0 saturated carbocycles. The van der Waals surface area contributed by atoms with Gasteiger partial charge in [-0.15, -0.1) is 0 Å². The maximum Gasteiger partial charge on any atom is 0.313 e. The summed E-state index contributed by atoms with van der Waals surface area (Å²) in [7, 11) is 0. The first-order valence-electron chi connectivity index (χ1n) is 6.81. The van der Waals surface area contributed by atoms with Crippen LogP contribution in [0.15, 0.2) is 24.3 Å². The molecule has 5 heteroatoms. The van der Waals surface area contributed by atoms with Crippen molar-refractivity contribution in [3.05, 3.63) is 29.8 Å². The summed E-state index contributed by atoms with van der Waals surface area (Å²) in [5.74, 6) is -1.05. The third kappa shape index (κ3) is 4.06. The van der Waals surface area contributed by atoms with Gasteiger partial charge in [-0.1, -0.05) is 32.0 Å². The highest BCUT2D eigenvalue weighted by Gasteiger charge is 2.21. The SMILES string of the molecule is CCN(CCO)C(=O)C(=O)Nc1ccccc1C(C)C. The molecule has 1 aromatic rings. The van der Waals surface area contributed by atoms with Gasteiger partial charge in [-0.3, -0.25) is 9.59 Å². The third-order valence-electron chi connectivity index (χ3n) is 3.06. The summed E-state index contributed by atoms with van der Waals surface area (Å²) in [4.78, 5) is 25.2. The molecule has 0 bridgehead atoms. The van der Waals surface area contributed by atoms with Crippen LogP contribution in [-0.2, 0) is 9.59 Å². The number of likely N-dealkylation sites (N-methyl/N-ethyl adjacent to an activating group) is 1. The summed E-state index contributed by atoms with van der Waals surface area (Å²) in [6.07, 6.45) is 0. The Morgan fingerprint density at radius 3 is 2.50 bits per heavy atom. The molecule has 0 atom stereocenters. The van der Waals surface area contributed by atoms with Gasteiger partial charge in [-0.05, 0) is 24.5 Å². The number of benzene rings is 1. The first kappa shape index (κ1) is 16.2. The smallest absolute Gasteiger partial charge is 0.313 e. The minimum atomic E-state index is -0.673. The molecular formula is C15H22N2O3. The molecule has 110 valence electrons. The number of para-hydroxylation sites is 1. The van der Waals surface area contributed by atoms with Gasteiger partial charge in [0.25, 0.3) is 0 Å². The predicted octanol–water partition coefficient (Wildman–Crippen LogP) is 1.59. The number of anilines is 1. The van der Waals surface area contributed by atoms with Crippen LogP contribution in [0.4, 0.5) is 5.69 Å². The van der Waals surface area contributed by atoms with Gasteiger partial charge >= 0.3 is 11.8 Å². The van der Waals surface area contributed by atoms with Crippen LogP contribution < -0.4 is 5.32 Å². The van der Waals surface area contributed by atoms with E-state index in [1.807, 2.05) is 32.0 Å². The first-order chi connectivity index (χ1) is 9.51. The summed E-state index contributed by atoms with van der Waals surface area (Å²) in [5, 5.41) is 11.5. The molecule has 0 radical (unpaired) electrons. The van der Waals surface area contributed by atoms with Crippen molar-refractivity contribution in [1.82, 2.24) is 4.90 Å². The molecule has 0 unspecified atom stereocenters. The molecule has 0 spiro atoms. The lowest BCUT2D eigenvalue weighted by atomic mass is 10.0. The summed E-state index contributed by atoms with van der Waals surface area (Å²) < 4.78 is 0. The fourth-order valence-electron chi connectivity index (χ4n) is 1.96. The number of carbonyl (C=O) groups is 2. The Balaban J connectivity index is 2.83. The fourth-order valence-corrected chi connectivity index (χ4v) is 1.96. The number of nitrogens with one attached hydrogen (secondary N) is 1. The molecule has 1 aromatic carbocycles. The van der Waals surface area contributed by atoms with E-state index in [9.17, 15) is 9.59 Å². The van der Waals surface area contributed by atoms with Gasteiger partial charge in [-0.25, -0.2) is 0 Å². The number of amides is 2. The second-order valence-corrected chi connectivity index (χ2v) is 4.80. The van der Waals surface area contributed by atoms with Gasteiger partial charge in [-0.2, -0.15) is 0 Å². The van der Waals surface area contributed by atoms with Gasteiger partial charge in [0, 0.05) is 18.8 Å². The number of aliphatic hydroxyl groups excluding tert-OH is 1. The largest absolute Gasteiger partial charge is 0.395 e. The Morgan fingerprint density at radius 1 is 1.30 bits per heavy atom. The Hall–Kier alpha value is -1.88. The van der Waals surface area contributed by atoms with Crippen LogP contribution in [-0.4, -0.2) is 41.5 Å². The second-order valence-electron chi connectivity index (χ2n) is 4.80. The van der Waals surface area contributed by atoms with Crippen LogP contribution in [0.2, 0.25) is 0 Å². The predicted molar refractivity (Wildman–Crippen MR) is 78.5 cm³/mol. The van der Waals surface area contributed by atoms with Crippen LogP contribution in [0.25, 0.3) is 0 Å². The number of hydrogen-bond acceptors (Lipinski definition) is 3. The Labute approximate surface area is 119 Å². The topological polar surface area (TPSA) is 69.6 Å². The summed E-state index contributed by atoms with van der Waals surface area (Å²) >= 11 is 0. The van der Waals surface area contributed by atoms with Crippen molar-refractivity contribution < 1.29 is 14.7 Å². The molecule has 2 N–H and O–H groups in total. The van der Waals surface area contributed by atoms with E-state index in [-0.39, 0.29) is 19.1 Å². The maximum absolute atomic E-state index is 12.0. The van der Waals surface area contributed by atoms with E-state index in [1.54, 1.807) is 13.0 Å². The van der Waals surface area contributed by atoms with Crippen LogP contribution >= 0.6 is 0 Å². The summed E-state index contributed by atoms with van der Waals surface area (Å²) in [5.41, 5.74) is 1.64. The number of carbonyl (C=O) groups excluding carboxylic acids is 2. The van der Waals surface area contributed by atoms with Crippen LogP contribution in [0.3, 0.4) is 0 Å². The van der Waals surface area contributed by atoms with Crippen LogP contribution in [0, 0.1) is 0 Å². The van der Waals surface area contributed by atoms with Crippen molar-refractivity contribution in [3.8, 4) is 0 Å². The van der Waals surface area contributed by atoms with Crippen molar-refractivity contribution in [2.75, 3.05) is 25.0 Å². The zero-order chi connectivity index (χ0) is 15.1. The summed E-state index contributed by atoms with van der Waals surface area (Å²) in [6, 6.07) is 7.42. The quantitative estimate of drug-likeness (QED) is 0.804. The van der Waals surface area contributed by atoms with Crippen LogP contribution in [0.5, 0.6) is 0 Å². The van der Waals surface area contributed by atoms with Crippen molar-refractivity contribution in [1.29, 1.82) is 0 Å². The summed E-state index contributed by atoms with van der Waals surface area (Å²) in [6.45, 7) is 6.21. The Morgan fingerprint density at radius 2 is 1.95 bits per heavy atom. The molecule has 0 aliphatic carbocycles. The normalized spacial score (nSPS) is 10.4. The van der Waals surface area contributed by atoms with Gasteiger partial charge < -0.3 is 15.3 Å². The number of nitrogens with zero attached hydrogens (tertiary/aromatic N) is 1. The molecule has 0 saturated heterocycles. The molecule has 0 aliphatic heterocycles. The highest BCUT2D eigenvalue weighted by molar-refractivity contribution is 6.39. The van der Waals surface area contributed by atoms with E-state index in [0.29, 0.717) is 12.2 Å². The second kappa shape index (κ2) is 7.65. The Bertz CT molecular complexity index is 472. The van der Waals surface area contributed by atoms with E-state index in [2.05, 4.69) is 5.32 Å². The van der Waals surface area contributed by atoms with E-state index in [4.69, 9.17) is 5.11 Å². The fraction of sp³-hybridized carbons (Fsp3) is 0.467. The molecule has 0 fully saturated rings. The van der Waals surface area contributed by atoms with Crippen molar-refractivity contribution in [3.63, 3.8) is 0 Å². The molecule has 5 nitrogen and oxygen atoms in total. The maximum atomic E-state index is 12.0. The number of aliphatic hydroxyl groups is 1. The lowest BCUT2D eigenvalue weighted by Gasteiger charge is -2.20. The minimum Gasteiger partial charge on any atom is -0.395 e. The molecule has 0 heterocycles. The van der Waals surface area contributed by atoms with Crippen molar-refractivity contribution in [2.45, 2.75) is 26.7 Å². The zero-order valence-electron chi connectivity index (χ0n) is 12.2. The van der Waals surface area contributed by atoms with Crippen molar-refractivity contribution in [2.24, 2.45) is 0 Å². The monoisotopic (exact) mass is 278 g/mol. The average molecular weight is 278 g/mol. The first-order valence-corrected chi connectivity index (χ1v) is 6.81. The number of rotatable bonds is 5. The van der Waals surface area contributed by atoms with Gasteiger partial charge in [0.05, 0.1) is 6.61 Å². The standard InChI is InChI=1S/C15H22N2O3/c1-4-17(9-10-18)15(20)14(19)16-13-8-6-5-7-12(13)11(2)3/h5-8,11,18H,4,9-10H2,1-3H3,(H,16,19). The molecule has 2 amide bonds. The lowest BCUT2D eigenvalue weighted by Crippen LogP contribution is -2.41. The van der Waals surface area contributed by atoms with Gasteiger partial charge in [0.15, 0.2) is 0 Å². The minimum absolute atomic E-state index is 0.157. The van der Waals surface area contributed by atoms with E-state index in [0.717, 1.165) is 5.56 Å². The molecule has 1 rings (SSSR count). The van der Waals surface area contributed by atoms with E-state index in [1.165, 1.54) is 4.90 Å². The van der Waals surface area contributed by atoms with Crippen molar-refractivity contribution >= 4 is 17.5 Å². The molecule has 0 aromatic heterocycles. The molecular weight excluding hydrogens is 256 g/mol. The van der Waals surface area contributed by atoms with Gasteiger partial charge in [0.1, 0.15) is 0 Å². The average Bonchev–Trinajstić information content (AvgIpc) is 2.44. The highest BCUT2D eigenvalue weighted by Crippen LogP contribution is 2.23. The van der Waals surface area contributed by atoms with E-state index < -0.39 is 11.8 Å².